The Morgan fingerprint density at radius 2 is 2.15 bits per heavy atom. The summed E-state index contributed by atoms with van der Waals surface area (Å²) in [6, 6.07) is 8.85. The molecule has 1 aliphatic rings. The molecule has 0 saturated heterocycles. The summed E-state index contributed by atoms with van der Waals surface area (Å²) < 4.78 is 10.2. The number of anilines is 1. The van der Waals surface area contributed by atoms with E-state index < -0.39 is 18.5 Å². The van der Waals surface area contributed by atoms with Gasteiger partial charge in [-0.1, -0.05) is 19.1 Å². The summed E-state index contributed by atoms with van der Waals surface area (Å²) in [5.74, 6) is -0.147. The van der Waals surface area contributed by atoms with Crippen LogP contribution in [0.25, 0.3) is 0 Å². The Kier molecular flexibility index (Phi) is 5.77. The van der Waals surface area contributed by atoms with Crippen molar-refractivity contribution in [2.75, 3.05) is 19.0 Å². The van der Waals surface area contributed by atoms with Gasteiger partial charge < -0.3 is 14.8 Å². The lowest BCUT2D eigenvalue weighted by Gasteiger charge is -2.17. The van der Waals surface area contributed by atoms with Crippen molar-refractivity contribution in [1.29, 1.82) is 5.26 Å². The van der Waals surface area contributed by atoms with Gasteiger partial charge in [-0.15, -0.1) is 11.3 Å². The molecule has 3 rings (SSSR count). The first-order chi connectivity index (χ1) is 13.0. The number of carbonyl (C=O) groups is 2. The number of ether oxygens (including phenoxy) is 2. The number of fused-ring (bicyclic) bond motifs is 1. The van der Waals surface area contributed by atoms with Crippen LogP contribution in [-0.2, 0) is 22.4 Å². The van der Waals surface area contributed by atoms with Gasteiger partial charge in [-0.05, 0) is 42.9 Å². The van der Waals surface area contributed by atoms with Crippen LogP contribution in [-0.4, -0.2) is 25.6 Å². The summed E-state index contributed by atoms with van der Waals surface area (Å²) in [5, 5.41) is 12.7. The summed E-state index contributed by atoms with van der Waals surface area (Å²) >= 11 is 1.44. The fourth-order valence-electron chi connectivity index (χ4n) is 3.14. The maximum absolute atomic E-state index is 12.2. The van der Waals surface area contributed by atoms with Crippen LogP contribution in [0, 0.1) is 17.2 Å². The second kappa shape index (κ2) is 8.23. The van der Waals surface area contributed by atoms with Crippen LogP contribution in [0.1, 0.15) is 39.7 Å². The van der Waals surface area contributed by atoms with Crippen LogP contribution >= 0.6 is 11.3 Å². The molecule has 1 N–H and O–H groups in total. The number of thiophene rings is 1. The van der Waals surface area contributed by atoms with Crippen molar-refractivity contribution >= 4 is 28.2 Å². The van der Waals surface area contributed by atoms with Gasteiger partial charge in [-0.2, -0.15) is 5.26 Å². The summed E-state index contributed by atoms with van der Waals surface area (Å²) in [5.41, 5.74) is 1.83. The maximum Gasteiger partial charge on any atom is 0.342 e. The average Bonchev–Trinajstić information content (AvgIpc) is 3.01. The molecule has 6 nitrogen and oxygen atoms in total. The van der Waals surface area contributed by atoms with Crippen molar-refractivity contribution in [3.05, 3.63) is 45.8 Å². The fraction of sp³-hybridized carbons (Fsp3) is 0.350. The third-order valence-electron chi connectivity index (χ3n) is 4.54. The van der Waals surface area contributed by atoms with Crippen molar-refractivity contribution in [1.82, 2.24) is 0 Å². The van der Waals surface area contributed by atoms with Crippen LogP contribution in [0.5, 0.6) is 5.75 Å². The van der Waals surface area contributed by atoms with Crippen molar-refractivity contribution in [2.45, 2.75) is 26.2 Å². The molecule has 1 aromatic carbocycles. The van der Waals surface area contributed by atoms with Crippen LogP contribution in [0.15, 0.2) is 24.3 Å². The molecule has 0 aliphatic heterocycles. The second-order valence-corrected chi connectivity index (χ2v) is 7.60. The molecule has 1 aromatic heterocycles. The highest BCUT2D eigenvalue weighted by Crippen LogP contribution is 2.39. The fourth-order valence-corrected chi connectivity index (χ4v) is 4.52. The number of amides is 1. The number of nitriles is 1. The van der Waals surface area contributed by atoms with Gasteiger partial charge in [-0.3, -0.25) is 4.79 Å². The molecular formula is C20H20N2O4S. The van der Waals surface area contributed by atoms with Gasteiger partial charge in [0.15, 0.2) is 6.61 Å². The number of esters is 1. The zero-order valence-electron chi connectivity index (χ0n) is 15.2. The molecular weight excluding hydrogens is 364 g/mol. The lowest BCUT2D eigenvalue weighted by molar-refractivity contribution is -0.119. The standard InChI is InChI=1S/C20H20N2O4S/c1-12-7-8-13-15(10-21)19(27-17(13)9-12)22-18(23)11-26-20(24)14-5-3-4-6-16(14)25-2/h3-6,12H,7-9,11H2,1-2H3,(H,22,23)/t12-/m1/s1. The first-order valence-electron chi connectivity index (χ1n) is 8.68. The van der Waals surface area contributed by atoms with E-state index in [-0.39, 0.29) is 5.56 Å². The van der Waals surface area contributed by atoms with Gasteiger partial charge in [0.05, 0.1) is 12.7 Å². The second-order valence-electron chi connectivity index (χ2n) is 6.49. The van der Waals surface area contributed by atoms with Crippen LogP contribution < -0.4 is 10.1 Å². The molecule has 0 bridgehead atoms. The molecule has 0 spiro atoms. The van der Waals surface area contributed by atoms with E-state index in [1.807, 2.05) is 0 Å². The molecule has 0 fully saturated rings. The predicted octanol–water partition coefficient (Wildman–Crippen LogP) is 3.55. The van der Waals surface area contributed by atoms with E-state index in [4.69, 9.17) is 9.47 Å². The number of hydrogen-bond acceptors (Lipinski definition) is 6. The number of nitrogens with zero attached hydrogens (tertiary/aromatic N) is 1. The lowest BCUT2D eigenvalue weighted by Crippen LogP contribution is -2.21. The molecule has 1 amide bonds. The Balaban J connectivity index is 1.65. The van der Waals surface area contributed by atoms with Gasteiger partial charge in [0.25, 0.3) is 5.91 Å². The topological polar surface area (TPSA) is 88.4 Å². The molecule has 0 radical (unpaired) electrons. The molecule has 1 aliphatic carbocycles. The smallest absolute Gasteiger partial charge is 0.342 e. The van der Waals surface area contributed by atoms with E-state index >= 15 is 0 Å². The zero-order chi connectivity index (χ0) is 19.4. The summed E-state index contributed by atoms with van der Waals surface area (Å²) in [6.45, 7) is 1.75. The highest BCUT2D eigenvalue weighted by molar-refractivity contribution is 7.16. The SMILES string of the molecule is COc1ccccc1C(=O)OCC(=O)Nc1sc2c(c1C#N)CC[C@@H](C)C2. The minimum atomic E-state index is -0.637. The first-order valence-corrected chi connectivity index (χ1v) is 9.49. The Morgan fingerprint density at radius 1 is 1.37 bits per heavy atom. The minimum absolute atomic E-state index is 0.256. The van der Waals surface area contributed by atoms with Gasteiger partial charge >= 0.3 is 5.97 Å². The van der Waals surface area contributed by atoms with E-state index in [2.05, 4.69) is 18.3 Å². The monoisotopic (exact) mass is 384 g/mol. The Labute approximate surface area is 161 Å². The summed E-state index contributed by atoms with van der Waals surface area (Å²) in [6.07, 6.45) is 2.82. The van der Waals surface area contributed by atoms with Gasteiger partial charge in [0.1, 0.15) is 22.4 Å². The third kappa shape index (κ3) is 4.12. The van der Waals surface area contributed by atoms with E-state index in [0.29, 0.717) is 22.2 Å². The van der Waals surface area contributed by atoms with Gasteiger partial charge in [-0.25, -0.2) is 4.79 Å². The third-order valence-corrected chi connectivity index (χ3v) is 5.71. The van der Waals surface area contributed by atoms with Crippen LogP contribution in [0.4, 0.5) is 5.00 Å². The van der Waals surface area contributed by atoms with E-state index in [1.54, 1.807) is 24.3 Å². The average molecular weight is 384 g/mol. The highest BCUT2D eigenvalue weighted by Gasteiger charge is 2.25. The highest BCUT2D eigenvalue weighted by atomic mass is 32.1. The Bertz CT molecular complexity index is 913. The number of hydrogen-bond donors (Lipinski definition) is 1. The molecule has 2 aromatic rings. The minimum Gasteiger partial charge on any atom is -0.496 e. The molecule has 0 saturated carbocycles. The molecule has 1 atom stereocenters. The Hall–Kier alpha value is -2.85. The van der Waals surface area contributed by atoms with E-state index in [9.17, 15) is 14.9 Å². The summed E-state index contributed by atoms with van der Waals surface area (Å²) in [4.78, 5) is 25.6. The van der Waals surface area contributed by atoms with Crippen molar-refractivity contribution < 1.29 is 19.1 Å². The summed E-state index contributed by atoms with van der Waals surface area (Å²) in [7, 11) is 1.46. The Morgan fingerprint density at radius 3 is 2.89 bits per heavy atom. The van der Waals surface area contributed by atoms with Crippen molar-refractivity contribution in [3.8, 4) is 11.8 Å². The number of rotatable bonds is 5. The van der Waals surface area contributed by atoms with Gasteiger partial charge in [0.2, 0.25) is 0 Å². The van der Waals surface area contributed by atoms with Crippen LogP contribution in [0.2, 0.25) is 0 Å². The molecule has 1 heterocycles. The zero-order valence-corrected chi connectivity index (χ0v) is 16.0. The van der Waals surface area contributed by atoms with Crippen molar-refractivity contribution in [3.63, 3.8) is 0 Å². The quantitative estimate of drug-likeness (QED) is 0.797. The molecule has 140 valence electrons. The number of para-hydroxylation sites is 1. The number of nitrogens with one attached hydrogen (secondary N) is 1. The van der Waals surface area contributed by atoms with E-state index in [1.165, 1.54) is 18.4 Å². The molecule has 7 heteroatoms. The molecule has 0 unspecified atom stereocenters. The van der Waals surface area contributed by atoms with Crippen molar-refractivity contribution in [2.24, 2.45) is 5.92 Å². The maximum atomic E-state index is 12.2. The van der Waals surface area contributed by atoms with E-state index in [0.717, 1.165) is 29.7 Å². The molecule has 27 heavy (non-hydrogen) atoms. The largest absolute Gasteiger partial charge is 0.496 e. The number of benzene rings is 1. The lowest BCUT2D eigenvalue weighted by atomic mass is 9.89. The van der Waals surface area contributed by atoms with Gasteiger partial charge in [0, 0.05) is 4.88 Å². The number of methoxy groups -OCH3 is 1. The first kappa shape index (κ1) is 18.9. The predicted molar refractivity (Wildman–Crippen MR) is 102 cm³/mol. The number of carbonyl (C=O) groups excluding carboxylic acids is 2. The normalized spacial score (nSPS) is 15.4. The van der Waals surface area contributed by atoms with Crippen LogP contribution in [0.3, 0.4) is 0 Å².